The molecular weight excluding hydrogens is 668 g/mol. The summed E-state index contributed by atoms with van der Waals surface area (Å²) in [5.41, 5.74) is 2.22. The predicted molar refractivity (Wildman–Crippen MR) is 116 cm³/mol. The molecule has 1 atom stereocenters. The van der Waals surface area contributed by atoms with Gasteiger partial charge >= 0.3 is 0 Å². The van der Waals surface area contributed by atoms with Crippen LogP contribution < -0.4 is 0 Å². The van der Waals surface area contributed by atoms with Crippen LogP contribution in [0.4, 0.5) is 0 Å². The molecule has 2 nitrogen and oxygen atoms in total. The van der Waals surface area contributed by atoms with Gasteiger partial charge in [0, 0.05) is 10.9 Å². The van der Waals surface area contributed by atoms with Gasteiger partial charge in [0.1, 0.15) is 5.82 Å². The molecule has 1 N–H and O–H groups in total. The molecule has 0 aliphatic heterocycles. The van der Waals surface area contributed by atoms with Gasteiger partial charge < -0.3 is 4.98 Å². The fourth-order valence-corrected chi connectivity index (χ4v) is 1.92. The first kappa shape index (κ1) is 20.9. The molecule has 2 aromatic rings. The van der Waals surface area contributed by atoms with Gasteiger partial charge in [-0.25, -0.2) is 4.98 Å². The maximum Gasteiger partial charge on any atom is 0.110 e. The molecule has 1 unspecified atom stereocenters. The van der Waals surface area contributed by atoms with Crippen LogP contribution in [0, 0.1) is 3.57 Å². The fraction of sp³-hybridized carbons (Fsp3) is 0.364. The molecule has 0 radical (unpaired) electrons. The number of fused-ring (bicyclic) bond motifs is 1. The number of H-pyrrole nitrogens is 1. The van der Waals surface area contributed by atoms with E-state index in [4.69, 9.17) is 0 Å². The van der Waals surface area contributed by atoms with Crippen LogP contribution >= 0.6 is 94.5 Å². The lowest BCUT2D eigenvalue weighted by molar-refractivity contribution is 0.692. The zero-order valence-electron chi connectivity index (χ0n) is 9.57. The van der Waals surface area contributed by atoms with Crippen LogP contribution in [0.2, 0.25) is 0 Å². The van der Waals surface area contributed by atoms with Gasteiger partial charge in [0.2, 0.25) is 0 Å². The van der Waals surface area contributed by atoms with Crippen molar-refractivity contribution in [1.82, 2.24) is 9.97 Å². The summed E-state index contributed by atoms with van der Waals surface area (Å²) < 4.78 is 1.24. The highest BCUT2D eigenvalue weighted by atomic mass is 127. The topological polar surface area (TPSA) is 28.7 Å². The van der Waals surface area contributed by atoms with E-state index in [1.807, 2.05) is 0 Å². The van der Waals surface area contributed by atoms with Crippen LogP contribution in [0.5, 0.6) is 0 Å². The maximum atomic E-state index is 4.57. The number of hydrogen-bond donors (Lipinski definition) is 1. The van der Waals surface area contributed by atoms with E-state index in [-0.39, 0.29) is 73.4 Å². The van der Waals surface area contributed by atoms with Crippen molar-refractivity contribution in [3.63, 3.8) is 0 Å². The molecule has 0 saturated heterocycles. The highest BCUT2D eigenvalue weighted by Gasteiger charge is 2.08. The SMILES string of the molecule is CCC(C)c1nc2ccc(I)cc2[nH]1.I.I.I.[HH]. The summed E-state index contributed by atoms with van der Waals surface area (Å²) in [4.78, 5) is 7.94. The van der Waals surface area contributed by atoms with Crippen molar-refractivity contribution in [3.05, 3.63) is 27.6 Å². The second kappa shape index (κ2) is 9.50. The first-order chi connectivity index (χ1) is 6.70. The lowest BCUT2D eigenvalue weighted by Crippen LogP contribution is -1.92. The molecule has 0 aliphatic rings. The maximum absolute atomic E-state index is 4.57. The lowest BCUT2D eigenvalue weighted by atomic mass is 10.1. The van der Waals surface area contributed by atoms with Gasteiger partial charge in [0.15, 0.2) is 0 Å². The second-order valence-electron chi connectivity index (χ2n) is 3.59. The average molecular weight is 686 g/mol. The number of aromatic nitrogens is 2. The van der Waals surface area contributed by atoms with Crippen molar-refractivity contribution in [2.75, 3.05) is 0 Å². The zero-order valence-corrected chi connectivity index (χ0v) is 18.7. The van der Waals surface area contributed by atoms with E-state index < -0.39 is 0 Å². The Labute approximate surface area is 168 Å². The van der Waals surface area contributed by atoms with Gasteiger partial charge in [-0.3, -0.25) is 0 Å². The highest BCUT2D eigenvalue weighted by molar-refractivity contribution is 14.1. The fourth-order valence-electron chi connectivity index (χ4n) is 1.43. The van der Waals surface area contributed by atoms with E-state index in [1.165, 1.54) is 3.57 Å². The van der Waals surface area contributed by atoms with Gasteiger partial charge in [-0.1, -0.05) is 13.8 Å². The van der Waals surface area contributed by atoms with E-state index in [1.54, 1.807) is 0 Å². The van der Waals surface area contributed by atoms with E-state index in [2.05, 4.69) is 64.6 Å². The molecule has 17 heavy (non-hydrogen) atoms. The molecule has 0 aliphatic carbocycles. The summed E-state index contributed by atoms with van der Waals surface area (Å²) in [5, 5.41) is 0. The average Bonchev–Trinajstić information content (AvgIpc) is 2.59. The van der Waals surface area contributed by atoms with Crippen LogP contribution in [0.3, 0.4) is 0 Å². The van der Waals surface area contributed by atoms with Crippen LogP contribution in [0.15, 0.2) is 18.2 Å². The lowest BCUT2D eigenvalue weighted by Gasteiger charge is -2.01. The van der Waals surface area contributed by atoms with Crippen molar-refractivity contribution < 1.29 is 1.43 Å². The van der Waals surface area contributed by atoms with E-state index in [0.717, 1.165) is 23.3 Å². The molecule has 1 aromatic carbocycles. The van der Waals surface area contributed by atoms with E-state index >= 15 is 0 Å². The third-order valence-electron chi connectivity index (χ3n) is 2.54. The van der Waals surface area contributed by atoms with Gasteiger partial charge in [0.05, 0.1) is 11.0 Å². The van der Waals surface area contributed by atoms with Crippen LogP contribution in [0.1, 0.15) is 33.4 Å². The minimum absolute atomic E-state index is 0. The van der Waals surface area contributed by atoms with Crippen LogP contribution in [-0.2, 0) is 0 Å². The first-order valence-electron chi connectivity index (χ1n) is 4.86. The first-order valence-corrected chi connectivity index (χ1v) is 5.93. The van der Waals surface area contributed by atoms with Gasteiger partial charge in [-0.15, -0.1) is 71.9 Å². The largest absolute Gasteiger partial charge is 0.342 e. The Hall–Kier alpha value is 1.61. The second-order valence-corrected chi connectivity index (χ2v) is 4.84. The molecule has 0 amide bonds. The Balaban J connectivity index is -0.000000562. The summed E-state index contributed by atoms with van der Waals surface area (Å²) in [6.45, 7) is 4.38. The number of imidazole rings is 1. The number of hydrogen-bond acceptors (Lipinski definition) is 1. The quantitative estimate of drug-likeness (QED) is 0.400. The molecule has 1 heterocycles. The standard InChI is InChI=1S/C11H13IN2.3HI.H2/c1-3-7(2)11-13-9-5-4-8(12)6-10(9)14-11;;;;/h4-7H,3H2,1-2H3,(H,13,14);4*1H. The third kappa shape index (κ3) is 5.24. The molecule has 0 fully saturated rings. The Morgan fingerprint density at radius 2 is 2.00 bits per heavy atom. The molecular formula is C11H18I4N2. The highest BCUT2D eigenvalue weighted by Crippen LogP contribution is 2.20. The summed E-state index contributed by atoms with van der Waals surface area (Å²) >= 11 is 2.32. The third-order valence-corrected chi connectivity index (χ3v) is 3.21. The van der Waals surface area contributed by atoms with Crippen LogP contribution in [0.25, 0.3) is 11.0 Å². The normalized spacial score (nSPS) is 11.0. The Morgan fingerprint density at radius 1 is 1.35 bits per heavy atom. The molecule has 1 aromatic heterocycles. The summed E-state index contributed by atoms with van der Waals surface area (Å²) in [5.74, 6) is 1.62. The minimum Gasteiger partial charge on any atom is -0.342 e. The number of nitrogens with zero attached hydrogens (tertiary/aromatic N) is 1. The van der Waals surface area contributed by atoms with E-state index in [0.29, 0.717) is 5.92 Å². The Bertz CT molecular complexity index is 461. The zero-order chi connectivity index (χ0) is 10.1. The summed E-state index contributed by atoms with van der Waals surface area (Å²) in [7, 11) is 0. The van der Waals surface area contributed by atoms with Crippen molar-refractivity contribution in [1.29, 1.82) is 0 Å². The van der Waals surface area contributed by atoms with Gasteiger partial charge in [-0.2, -0.15) is 0 Å². The van der Waals surface area contributed by atoms with Gasteiger partial charge in [0.25, 0.3) is 0 Å². The van der Waals surface area contributed by atoms with Crippen molar-refractivity contribution in [3.8, 4) is 0 Å². The Morgan fingerprint density at radius 3 is 2.59 bits per heavy atom. The van der Waals surface area contributed by atoms with Crippen molar-refractivity contribution in [2.45, 2.75) is 26.2 Å². The Kier molecular flexibility index (Phi) is 11.7. The van der Waals surface area contributed by atoms with Crippen molar-refractivity contribution >= 4 is 106 Å². The minimum atomic E-state index is 0. The van der Waals surface area contributed by atoms with Crippen molar-refractivity contribution in [2.24, 2.45) is 0 Å². The van der Waals surface area contributed by atoms with Gasteiger partial charge in [-0.05, 0) is 47.2 Å². The summed E-state index contributed by atoms with van der Waals surface area (Å²) in [6.07, 6.45) is 1.12. The predicted octanol–water partition coefficient (Wildman–Crippen LogP) is 5.78. The number of nitrogens with one attached hydrogen (secondary N) is 1. The molecule has 0 bridgehead atoms. The molecule has 0 spiro atoms. The van der Waals surface area contributed by atoms with E-state index in [9.17, 15) is 0 Å². The number of benzene rings is 1. The molecule has 6 heteroatoms. The van der Waals surface area contributed by atoms with Crippen LogP contribution in [-0.4, -0.2) is 9.97 Å². The molecule has 0 saturated carbocycles. The summed E-state index contributed by atoms with van der Waals surface area (Å²) in [6, 6.07) is 6.29. The smallest absolute Gasteiger partial charge is 0.110 e. The monoisotopic (exact) mass is 686 g/mol. The number of aromatic amines is 1. The number of halogens is 4. The molecule has 100 valence electrons. The molecule has 2 rings (SSSR count). The number of rotatable bonds is 2.